The van der Waals surface area contributed by atoms with Crippen molar-refractivity contribution in [3.63, 3.8) is 0 Å². The zero-order valence-corrected chi connectivity index (χ0v) is 15.7. The van der Waals surface area contributed by atoms with Gasteiger partial charge in [0.2, 0.25) is 11.8 Å². The second-order valence-electron chi connectivity index (χ2n) is 6.66. The largest absolute Gasteiger partial charge is 0.494 e. The third-order valence-corrected chi connectivity index (χ3v) is 4.41. The van der Waals surface area contributed by atoms with Gasteiger partial charge in [-0.05, 0) is 24.1 Å². The van der Waals surface area contributed by atoms with Crippen LogP contribution in [0.15, 0.2) is 35.4 Å². The molecular formula is C18H22FN5O5. The molecule has 0 aromatic heterocycles. The molecule has 0 saturated carbocycles. The topological polar surface area (TPSA) is 145 Å². The predicted octanol–water partition coefficient (Wildman–Crippen LogP) is 1.67. The molecule has 156 valence electrons. The first-order valence-corrected chi connectivity index (χ1v) is 9.01. The van der Waals surface area contributed by atoms with Crippen molar-refractivity contribution >= 4 is 17.8 Å². The zero-order chi connectivity index (χ0) is 21.3. The van der Waals surface area contributed by atoms with Gasteiger partial charge in [0.05, 0.1) is 26.2 Å². The Bertz CT molecular complexity index is 786. The Morgan fingerprint density at radius 1 is 1.38 bits per heavy atom. The molecular weight excluding hydrogens is 385 g/mol. The number of nitrogens with one attached hydrogen (secondary N) is 1. The highest BCUT2D eigenvalue weighted by Crippen LogP contribution is 2.31. The second-order valence-corrected chi connectivity index (χ2v) is 6.66. The maximum absolute atomic E-state index is 14.6. The van der Waals surface area contributed by atoms with E-state index in [2.05, 4.69) is 15.3 Å². The summed E-state index contributed by atoms with van der Waals surface area (Å²) in [5, 5.41) is 14.8. The lowest BCUT2D eigenvalue weighted by Crippen LogP contribution is -2.46. The van der Waals surface area contributed by atoms with Crippen molar-refractivity contribution < 1.29 is 28.6 Å². The smallest absolute Gasteiger partial charge is 0.326 e. The van der Waals surface area contributed by atoms with Gasteiger partial charge >= 0.3 is 5.97 Å². The maximum atomic E-state index is 14.6. The van der Waals surface area contributed by atoms with Crippen LogP contribution in [0.5, 0.6) is 5.75 Å². The van der Waals surface area contributed by atoms with Crippen LogP contribution in [-0.4, -0.2) is 65.7 Å². The first kappa shape index (κ1) is 22.0. The number of rotatable bonds is 10. The van der Waals surface area contributed by atoms with Crippen molar-refractivity contribution in [2.24, 2.45) is 5.11 Å². The van der Waals surface area contributed by atoms with E-state index in [0.29, 0.717) is 18.8 Å². The van der Waals surface area contributed by atoms with Gasteiger partial charge in [-0.15, -0.1) is 0 Å². The van der Waals surface area contributed by atoms with Gasteiger partial charge in [-0.25, -0.2) is 9.18 Å². The standard InChI is InChI=1S/C18H22FN5O5/c19-18(11-22-23-20)9-14(17(27)28)24(12-18)16(26)10-21-15(25)7-4-8-29-13-5-2-1-3-6-13/h1-3,5-6,14H,4,7-12H2,(H,21,25)(H,27,28)/t14-,18-/m0/s1. The lowest BCUT2D eigenvalue weighted by Gasteiger charge is -2.22. The van der Waals surface area contributed by atoms with E-state index in [-0.39, 0.29) is 6.42 Å². The summed E-state index contributed by atoms with van der Waals surface area (Å²) in [4.78, 5) is 38.8. The van der Waals surface area contributed by atoms with Crippen LogP contribution in [0.2, 0.25) is 0 Å². The van der Waals surface area contributed by atoms with Crippen LogP contribution >= 0.6 is 0 Å². The van der Waals surface area contributed by atoms with E-state index in [1.807, 2.05) is 18.2 Å². The molecule has 1 fully saturated rings. The first-order valence-electron chi connectivity index (χ1n) is 9.01. The van der Waals surface area contributed by atoms with Crippen molar-refractivity contribution in [3.05, 3.63) is 40.8 Å². The van der Waals surface area contributed by atoms with Gasteiger partial charge < -0.3 is 20.1 Å². The predicted molar refractivity (Wildman–Crippen MR) is 99.8 cm³/mol. The van der Waals surface area contributed by atoms with Crippen molar-refractivity contribution in [3.8, 4) is 5.75 Å². The number of hydrogen-bond donors (Lipinski definition) is 2. The van der Waals surface area contributed by atoms with Gasteiger partial charge in [-0.2, -0.15) is 0 Å². The highest BCUT2D eigenvalue weighted by Gasteiger charge is 2.49. The number of halogens is 1. The summed E-state index contributed by atoms with van der Waals surface area (Å²) in [5.41, 5.74) is 6.22. The minimum Gasteiger partial charge on any atom is -0.494 e. The molecule has 2 atom stereocenters. The Morgan fingerprint density at radius 2 is 2.10 bits per heavy atom. The van der Waals surface area contributed by atoms with Gasteiger partial charge in [0.15, 0.2) is 0 Å². The van der Waals surface area contributed by atoms with Crippen LogP contribution in [0, 0.1) is 0 Å². The number of carbonyl (C=O) groups is 3. The molecule has 10 nitrogen and oxygen atoms in total. The summed E-state index contributed by atoms with van der Waals surface area (Å²) in [6.07, 6.45) is 0.0698. The Morgan fingerprint density at radius 3 is 2.76 bits per heavy atom. The fourth-order valence-corrected chi connectivity index (χ4v) is 3.00. The second kappa shape index (κ2) is 10.3. The average Bonchev–Trinajstić information content (AvgIpc) is 3.07. The zero-order valence-electron chi connectivity index (χ0n) is 15.7. The number of para-hydroxylation sites is 1. The summed E-state index contributed by atoms with van der Waals surface area (Å²) < 4.78 is 20.1. The molecule has 1 aliphatic heterocycles. The SMILES string of the molecule is [N-]=[N+]=NC[C@@]1(F)C[C@@H](C(=O)O)N(C(=O)CNC(=O)CCCOc2ccccc2)C1. The lowest BCUT2D eigenvalue weighted by molar-refractivity contribution is -0.148. The van der Waals surface area contributed by atoms with Crippen molar-refractivity contribution in [2.75, 3.05) is 26.2 Å². The molecule has 0 spiro atoms. The Balaban J connectivity index is 1.77. The van der Waals surface area contributed by atoms with Gasteiger partial charge in [0.1, 0.15) is 17.5 Å². The lowest BCUT2D eigenvalue weighted by atomic mass is 10.0. The van der Waals surface area contributed by atoms with E-state index in [1.165, 1.54) is 0 Å². The maximum Gasteiger partial charge on any atom is 0.326 e. The van der Waals surface area contributed by atoms with E-state index >= 15 is 0 Å². The number of likely N-dealkylation sites (tertiary alicyclic amines) is 1. The molecule has 1 heterocycles. The highest BCUT2D eigenvalue weighted by molar-refractivity contribution is 5.88. The third-order valence-electron chi connectivity index (χ3n) is 4.41. The fraction of sp³-hybridized carbons (Fsp3) is 0.500. The molecule has 2 amide bonds. The molecule has 1 aliphatic rings. The van der Waals surface area contributed by atoms with Crippen LogP contribution in [0.3, 0.4) is 0 Å². The molecule has 2 rings (SSSR count). The number of alkyl halides is 1. The molecule has 1 saturated heterocycles. The molecule has 11 heteroatoms. The molecule has 1 aromatic carbocycles. The number of aliphatic carboxylic acids is 1. The van der Waals surface area contributed by atoms with E-state index in [4.69, 9.17) is 10.3 Å². The summed E-state index contributed by atoms with van der Waals surface area (Å²) in [6.45, 7) is -1.20. The number of carboxylic acid groups (broad SMARTS) is 1. The minimum absolute atomic E-state index is 0.117. The number of carboxylic acids is 1. The summed E-state index contributed by atoms with van der Waals surface area (Å²) >= 11 is 0. The molecule has 0 unspecified atom stereocenters. The van der Waals surface area contributed by atoms with E-state index in [1.54, 1.807) is 12.1 Å². The van der Waals surface area contributed by atoms with Gasteiger partial charge in [0, 0.05) is 17.8 Å². The van der Waals surface area contributed by atoms with Gasteiger partial charge in [-0.3, -0.25) is 9.59 Å². The monoisotopic (exact) mass is 407 g/mol. The minimum atomic E-state index is -2.11. The van der Waals surface area contributed by atoms with E-state index in [0.717, 1.165) is 4.90 Å². The molecule has 29 heavy (non-hydrogen) atoms. The normalized spacial score (nSPS) is 20.6. The van der Waals surface area contributed by atoms with Crippen molar-refractivity contribution in [1.82, 2.24) is 10.2 Å². The molecule has 0 bridgehead atoms. The highest BCUT2D eigenvalue weighted by atomic mass is 19.1. The summed E-state index contributed by atoms with van der Waals surface area (Å²) in [6, 6.07) is 7.72. The number of ether oxygens (including phenoxy) is 1. The molecule has 1 aromatic rings. The van der Waals surface area contributed by atoms with Gasteiger partial charge in [-0.1, -0.05) is 23.3 Å². The third kappa shape index (κ3) is 6.65. The van der Waals surface area contributed by atoms with Crippen LogP contribution in [0.1, 0.15) is 19.3 Å². The number of benzene rings is 1. The first-order chi connectivity index (χ1) is 13.8. The number of hydrogen-bond acceptors (Lipinski definition) is 5. The van der Waals surface area contributed by atoms with E-state index < -0.39 is 55.5 Å². The van der Waals surface area contributed by atoms with Crippen LogP contribution in [-0.2, 0) is 14.4 Å². The fourth-order valence-electron chi connectivity index (χ4n) is 3.00. The van der Waals surface area contributed by atoms with Crippen LogP contribution < -0.4 is 10.1 Å². The van der Waals surface area contributed by atoms with Crippen LogP contribution in [0.25, 0.3) is 10.4 Å². The molecule has 0 aliphatic carbocycles. The molecule has 0 radical (unpaired) electrons. The quantitative estimate of drug-likeness (QED) is 0.262. The summed E-state index contributed by atoms with van der Waals surface area (Å²) in [5.74, 6) is -1.79. The Labute approximate surface area is 166 Å². The van der Waals surface area contributed by atoms with Crippen LogP contribution in [0.4, 0.5) is 4.39 Å². The number of carbonyl (C=O) groups excluding carboxylic acids is 2. The average molecular weight is 407 g/mol. The molecule has 2 N–H and O–H groups in total. The summed E-state index contributed by atoms with van der Waals surface area (Å²) in [7, 11) is 0. The Kier molecular flexibility index (Phi) is 7.79. The van der Waals surface area contributed by atoms with Crippen molar-refractivity contribution in [2.45, 2.75) is 31.0 Å². The van der Waals surface area contributed by atoms with Gasteiger partial charge in [0.25, 0.3) is 0 Å². The number of azide groups is 1. The van der Waals surface area contributed by atoms with E-state index in [9.17, 15) is 23.9 Å². The number of nitrogens with zero attached hydrogens (tertiary/aromatic N) is 4. The number of amides is 2. The Hall–Kier alpha value is -3.33. The van der Waals surface area contributed by atoms with Crippen molar-refractivity contribution in [1.29, 1.82) is 0 Å².